The molecule has 1 aliphatic carbocycles. The molecular formula is C9H15NO4. The highest BCUT2D eigenvalue weighted by molar-refractivity contribution is 5.78. The topological polar surface area (TPSA) is 66.8 Å². The van der Waals surface area contributed by atoms with Gasteiger partial charge < -0.3 is 14.7 Å². The highest BCUT2D eigenvalue weighted by Crippen LogP contribution is 2.25. The monoisotopic (exact) mass is 201 g/mol. The van der Waals surface area contributed by atoms with Crippen LogP contribution in [-0.2, 0) is 14.3 Å². The van der Waals surface area contributed by atoms with E-state index in [0.717, 1.165) is 12.8 Å². The van der Waals surface area contributed by atoms with Crippen molar-refractivity contribution in [3.05, 3.63) is 0 Å². The molecule has 1 unspecified atom stereocenters. The van der Waals surface area contributed by atoms with E-state index in [4.69, 9.17) is 9.84 Å². The van der Waals surface area contributed by atoms with Crippen LogP contribution in [0.5, 0.6) is 0 Å². The quantitative estimate of drug-likeness (QED) is 0.685. The van der Waals surface area contributed by atoms with Gasteiger partial charge in [-0.3, -0.25) is 4.79 Å². The van der Waals surface area contributed by atoms with Gasteiger partial charge in [0.2, 0.25) is 5.91 Å². The SMILES string of the molecule is CC(OCC(=O)N(C)C1CC1)C(=O)O. The second-order valence-electron chi connectivity index (χ2n) is 3.53. The van der Waals surface area contributed by atoms with E-state index in [1.807, 2.05) is 0 Å². The maximum atomic E-state index is 11.4. The third kappa shape index (κ3) is 2.99. The molecule has 0 bridgehead atoms. The van der Waals surface area contributed by atoms with E-state index in [2.05, 4.69) is 0 Å². The molecule has 14 heavy (non-hydrogen) atoms. The number of hydrogen-bond acceptors (Lipinski definition) is 3. The lowest BCUT2D eigenvalue weighted by molar-refractivity contribution is -0.152. The van der Waals surface area contributed by atoms with Crippen molar-refractivity contribution in [3.8, 4) is 0 Å². The Labute approximate surface area is 82.6 Å². The lowest BCUT2D eigenvalue weighted by atomic mass is 10.4. The second-order valence-corrected chi connectivity index (χ2v) is 3.53. The number of carboxylic acids is 1. The Morgan fingerprint density at radius 2 is 2.14 bits per heavy atom. The van der Waals surface area contributed by atoms with E-state index in [-0.39, 0.29) is 12.5 Å². The van der Waals surface area contributed by atoms with Crippen molar-refractivity contribution in [3.63, 3.8) is 0 Å². The van der Waals surface area contributed by atoms with E-state index in [9.17, 15) is 9.59 Å². The summed E-state index contributed by atoms with van der Waals surface area (Å²) < 4.78 is 4.87. The van der Waals surface area contributed by atoms with Gasteiger partial charge in [-0.15, -0.1) is 0 Å². The lowest BCUT2D eigenvalue weighted by Crippen LogP contribution is -2.34. The van der Waals surface area contributed by atoms with Crippen molar-refractivity contribution in [2.24, 2.45) is 0 Å². The molecule has 0 spiro atoms. The van der Waals surface area contributed by atoms with Crippen LogP contribution in [0.25, 0.3) is 0 Å². The summed E-state index contributed by atoms with van der Waals surface area (Å²) in [5.74, 6) is -1.20. The molecule has 1 saturated carbocycles. The Bertz CT molecular complexity index is 237. The summed E-state index contributed by atoms with van der Waals surface area (Å²) >= 11 is 0. The van der Waals surface area contributed by atoms with Crippen LogP contribution in [0.15, 0.2) is 0 Å². The molecule has 5 heteroatoms. The van der Waals surface area contributed by atoms with Gasteiger partial charge in [0.15, 0.2) is 6.10 Å². The summed E-state index contributed by atoms with van der Waals surface area (Å²) in [5, 5.41) is 8.51. The predicted molar refractivity (Wildman–Crippen MR) is 48.8 cm³/mol. The Kier molecular flexibility index (Phi) is 3.46. The molecule has 1 amide bonds. The number of amides is 1. The zero-order valence-corrected chi connectivity index (χ0v) is 8.40. The van der Waals surface area contributed by atoms with Gasteiger partial charge in [0.05, 0.1) is 0 Å². The van der Waals surface area contributed by atoms with E-state index < -0.39 is 12.1 Å². The molecule has 1 fully saturated rings. The standard InChI is InChI=1S/C9H15NO4/c1-6(9(12)13)14-5-8(11)10(2)7-3-4-7/h6-7H,3-5H2,1-2H3,(H,12,13). The second kappa shape index (κ2) is 4.41. The highest BCUT2D eigenvalue weighted by atomic mass is 16.5. The molecule has 0 aliphatic heterocycles. The first-order chi connectivity index (χ1) is 6.52. The van der Waals surface area contributed by atoms with Gasteiger partial charge in [-0.2, -0.15) is 0 Å². The molecule has 80 valence electrons. The third-order valence-corrected chi connectivity index (χ3v) is 2.29. The van der Waals surface area contributed by atoms with Crippen LogP contribution in [0.2, 0.25) is 0 Å². The largest absolute Gasteiger partial charge is 0.479 e. The molecule has 0 aromatic carbocycles. The summed E-state index contributed by atoms with van der Waals surface area (Å²) in [6, 6.07) is 0.339. The molecule has 1 rings (SSSR count). The molecule has 0 aromatic heterocycles. The molecule has 1 atom stereocenters. The summed E-state index contributed by atoms with van der Waals surface area (Å²) in [5.41, 5.74) is 0. The summed E-state index contributed by atoms with van der Waals surface area (Å²) in [7, 11) is 1.72. The number of rotatable bonds is 5. The minimum atomic E-state index is -1.05. The fourth-order valence-corrected chi connectivity index (χ4v) is 1.03. The smallest absolute Gasteiger partial charge is 0.332 e. The van der Waals surface area contributed by atoms with Crippen LogP contribution >= 0.6 is 0 Å². The normalized spacial score (nSPS) is 17.6. The number of aliphatic carboxylic acids is 1. The van der Waals surface area contributed by atoms with Gasteiger partial charge >= 0.3 is 5.97 Å². The fraction of sp³-hybridized carbons (Fsp3) is 0.778. The van der Waals surface area contributed by atoms with Crippen LogP contribution in [-0.4, -0.2) is 47.7 Å². The Morgan fingerprint density at radius 1 is 1.57 bits per heavy atom. The van der Waals surface area contributed by atoms with Gasteiger partial charge in [-0.05, 0) is 19.8 Å². The molecule has 5 nitrogen and oxygen atoms in total. The van der Waals surface area contributed by atoms with E-state index in [0.29, 0.717) is 6.04 Å². The molecule has 0 radical (unpaired) electrons. The molecule has 0 saturated heterocycles. The molecular weight excluding hydrogens is 186 g/mol. The van der Waals surface area contributed by atoms with Crippen LogP contribution in [0, 0.1) is 0 Å². The number of nitrogens with zero attached hydrogens (tertiary/aromatic N) is 1. The van der Waals surface area contributed by atoms with Crippen molar-refractivity contribution < 1.29 is 19.4 Å². The van der Waals surface area contributed by atoms with Gasteiger partial charge in [0.25, 0.3) is 0 Å². The average molecular weight is 201 g/mol. The van der Waals surface area contributed by atoms with Crippen LogP contribution < -0.4 is 0 Å². The average Bonchev–Trinajstić information content (AvgIpc) is 2.95. The van der Waals surface area contributed by atoms with Crippen LogP contribution in [0.1, 0.15) is 19.8 Å². The number of likely N-dealkylation sites (N-methyl/N-ethyl adjacent to an activating group) is 1. The molecule has 1 aliphatic rings. The summed E-state index contributed by atoms with van der Waals surface area (Å²) in [6.07, 6.45) is 1.15. The van der Waals surface area contributed by atoms with Crippen molar-refractivity contribution in [1.82, 2.24) is 4.90 Å². The Hall–Kier alpha value is -1.10. The van der Waals surface area contributed by atoms with Gasteiger partial charge in [0.1, 0.15) is 6.61 Å². The highest BCUT2D eigenvalue weighted by Gasteiger charge is 2.29. The van der Waals surface area contributed by atoms with Crippen LogP contribution in [0.4, 0.5) is 0 Å². The number of hydrogen-bond donors (Lipinski definition) is 1. The first-order valence-corrected chi connectivity index (χ1v) is 4.62. The van der Waals surface area contributed by atoms with Crippen LogP contribution in [0.3, 0.4) is 0 Å². The molecule has 0 heterocycles. The Balaban J connectivity index is 2.23. The summed E-state index contributed by atoms with van der Waals surface area (Å²) in [6.45, 7) is 1.26. The molecule has 0 aromatic rings. The van der Waals surface area contributed by atoms with E-state index in [1.54, 1.807) is 11.9 Å². The third-order valence-electron chi connectivity index (χ3n) is 2.29. The zero-order valence-electron chi connectivity index (χ0n) is 8.40. The zero-order chi connectivity index (χ0) is 10.7. The van der Waals surface area contributed by atoms with E-state index in [1.165, 1.54) is 6.92 Å². The first-order valence-electron chi connectivity index (χ1n) is 4.62. The maximum absolute atomic E-state index is 11.4. The lowest BCUT2D eigenvalue weighted by Gasteiger charge is -2.17. The number of ether oxygens (including phenoxy) is 1. The Morgan fingerprint density at radius 3 is 2.57 bits per heavy atom. The maximum Gasteiger partial charge on any atom is 0.332 e. The minimum absolute atomic E-state index is 0.152. The number of carbonyl (C=O) groups excluding carboxylic acids is 1. The van der Waals surface area contributed by atoms with Gasteiger partial charge in [-0.1, -0.05) is 0 Å². The first kappa shape index (κ1) is 11.0. The fourth-order valence-electron chi connectivity index (χ4n) is 1.03. The molecule has 1 N–H and O–H groups in total. The van der Waals surface area contributed by atoms with Crippen molar-refractivity contribution in [2.45, 2.75) is 31.9 Å². The van der Waals surface area contributed by atoms with Crippen molar-refractivity contribution >= 4 is 11.9 Å². The summed E-state index contributed by atoms with van der Waals surface area (Å²) in [4.78, 5) is 23.4. The van der Waals surface area contributed by atoms with Gasteiger partial charge in [0, 0.05) is 13.1 Å². The van der Waals surface area contributed by atoms with Gasteiger partial charge in [-0.25, -0.2) is 4.79 Å². The number of carbonyl (C=O) groups is 2. The number of carboxylic acid groups (broad SMARTS) is 1. The van der Waals surface area contributed by atoms with E-state index >= 15 is 0 Å². The minimum Gasteiger partial charge on any atom is -0.479 e. The predicted octanol–water partition coefficient (Wildman–Crippen LogP) is 0.0969. The van der Waals surface area contributed by atoms with Crippen molar-refractivity contribution in [1.29, 1.82) is 0 Å². The van der Waals surface area contributed by atoms with Crippen molar-refractivity contribution in [2.75, 3.05) is 13.7 Å².